The molecule has 0 unspecified atom stereocenters. The molecule has 0 aliphatic rings. The third kappa shape index (κ3) is 4.45. The first-order chi connectivity index (χ1) is 14.8. The van der Waals surface area contributed by atoms with Crippen LogP contribution < -0.4 is 9.62 Å². The Morgan fingerprint density at radius 2 is 1.71 bits per heavy atom. The topological polar surface area (TPSA) is 66.5 Å². The van der Waals surface area contributed by atoms with Gasteiger partial charge in [0.1, 0.15) is 5.82 Å². The second-order valence-corrected chi connectivity index (χ2v) is 9.98. The molecule has 0 aliphatic heterocycles. The third-order valence-corrected chi connectivity index (χ3v) is 7.77. The zero-order chi connectivity index (χ0) is 22.0. The molecule has 5 nitrogen and oxygen atoms in total. The van der Waals surface area contributed by atoms with E-state index >= 15 is 0 Å². The van der Waals surface area contributed by atoms with Gasteiger partial charge in [-0.15, -0.1) is 11.3 Å². The Bertz CT molecular complexity index is 1330. The molecule has 0 saturated carbocycles. The van der Waals surface area contributed by atoms with Crippen molar-refractivity contribution in [2.45, 2.75) is 11.4 Å². The fourth-order valence-corrected chi connectivity index (χ4v) is 5.25. The first kappa shape index (κ1) is 21.0. The predicted octanol–water partition coefficient (Wildman–Crippen LogP) is 4.80. The van der Waals surface area contributed by atoms with Crippen LogP contribution in [0.2, 0.25) is 0 Å². The summed E-state index contributed by atoms with van der Waals surface area (Å²) in [5.41, 5.74) is 1.46. The van der Waals surface area contributed by atoms with E-state index in [2.05, 4.69) is 5.32 Å². The van der Waals surface area contributed by atoms with Crippen LogP contribution in [0.25, 0.3) is 10.1 Å². The van der Waals surface area contributed by atoms with Crippen molar-refractivity contribution in [3.05, 3.63) is 95.1 Å². The second kappa shape index (κ2) is 8.49. The summed E-state index contributed by atoms with van der Waals surface area (Å²) < 4.78 is 40.9. The average molecular weight is 455 g/mol. The number of rotatable bonds is 6. The van der Waals surface area contributed by atoms with Crippen molar-refractivity contribution >= 4 is 43.0 Å². The van der Waals surface area contributed by atoms with E-state index in [1.54, 1.807) is 24.3 Å². The van der Waals surface area contributed by atoms with Crippen LogP contribution in [0.1, 0.15) is 15.2 Å². The monoisotopic (exact) mass is 454 g/mol. The van der Waals surface area contributed by atoms with E-state index in [1.165, 1.54) is 30.5 Å². The van der Waals surface area contributed by atoms with Crippen LogP contribution in [0.3, 0.4) is 0 Å². The van der Waals surface area contributed by atoms with Gasteiger partial charge in [0, 0.05) is 18.3 Å². The Labute approximate surface area is 183 Å². The molecule has 0 aliphatic carbocycles. The van der Waals surface area contributed by atoms with Gasteiger partial charge in [0.15, 0.2) is 0 Å². The molecule has 0 saturated heterocycles. The number of fused-ring (bicyclic) bond motifs is 1. The lowest BCUT2D eigenvalue weighted by molar-refractivity contribution is 0.0955. The quantitative estimate of drug-likeness (QED) is 0.455. The highest BCUT2D eigenvalue weighted by Gasteiger charge is 2.22. The summed E-state index contributed by atoms with van der Waals surface area (Å²) in [6, 6.07) is 21.3. The first-order valence-electron chi connectivity index (χ1n) is 9.45. The van der Waals surface area contributed by atoms with Crippen molar-refractivity contribution in [2.24, 2.45) is 0 Å². The summed E-state index contributed by atoms with van der Waals surface area (Å²) in [4.78, 5) is 13.1. The maximum Gasteiger partial charge on any atom is 0.264 e. The number of nitrogens with one attached hydrogen (secondary N) is 1. The number of thiophene rings is 1. The number of amides is 1. The zero-order valence-corrected chi connectivity index (χ0v) is 18.2. The van der Waals surface area contributed by atoms with E-state index in [1.807, 2.05) is 30.3 Å². The van der Waals surface area contributed by atoms with Gasteiger partial charge in [-0.1, -0.05) is 30.3 Å². The van der Waals surface area contributed by atoms with E-state index < -0.39 is 15.8 Å². The van der Waals surface area contributed by atoms with E-state index in [0.717, 1.165) is 32.1 Å². The Kier molecular flexibility index (Phi) is 5.75. The molecule has 0 bridgehead atoms. The molecule has 4 aromatic rings. The number of halogens is 1. The lowest BCUT2D eigenvalue weighted by atomic mass is 10.2. The highest BCUT2D eigenvalue weighted by molar-refractivity contribution is 7.92. The van der Waals surface area contributed by atoms with Gasteiger partial charge in [-0.3, -0.25) is 9.10 Å². The van der Waals surface area contributed by atoms with Gasteiger partial charge >= 0.3 is 0 Å². The Hall–Kier alpha value is -3.23. The van der Waals surface area contributed by atoms with E-state index in [-0.39, 0.29) is 10.8 Å². The fourth-order valence-electron chi connectivity index (χ4n) is 3.11. The van der Waals surface area contributed by atoms with E-state index in [4.69, 9.17) is 0 Å². The summed E-state index contributed by atoms with van der Waals surface area (Å²) in [6.45, 7) is 0.428. The number of sulfonamides is 1. The Morgan fingerprint density at radius 1 is 1.00 bits per heavy atom. The minimum absolute atomic E-state index is 0.00259. The largest absolute Gasteiger partial charge is 0.347 e. The highest BCUT2D eigenvalue weighted by atomic mass is 32.2. The Morgan fingerprint density at radius 3 is 2.42 bits per heavy atom. The number of hydrogen-bond donors (Lipinski definition) is 1. The van der Waals surface area contributed by atoms with Crippen LogP contribution in [-0.2, 0) is 16.6 Å². The van der Waals surface area contributed by atoms with Crippen LogP contribution in [0.15, 0.2) is 83.8 Å². The van der Waals surface area contributed by atoms with Crippen molar-refractivity contribution in [3.8, 4) is 0 Å². The molecule has 1 heterocycles. The number of benzene rings is 3. The second-order valence-electron chi connectivity index (χ2n) is 6.93. The van der Waals surface area contributed by atoms with Gasteiger partial charge in [0.2, 0.25) is 0 Å². The Balaban J connectivity index is 1.55. The van der Waals surface area contributed by atoms with E-state index in [0.29, 0.717) is 17.1 Å². The molecule has 1 amide bonds. The summed E-state index contributed by atoms with van der Waals surface area (Å²) in [5.74, 6) is -0.682. The number of carbonyl (C=O) groups is 1. The number of anilines is 1. The van der Waals surface area contributed by atoms with Gasteiger partial charge < -0.3 is 5.32 Å². The first-order valence-corrected chi connectivity index (χ1v) is 11.7. The molecule has 0 spiro atoms. The van der Waals surface area contributed by atoms with Gasteiger partial charge in [-0.05, 0) is 59.5 Å². The smallest absolute Gasteiger partial charge is 0.264 e. The molecule has 8 heteroatoms. The minimum Gasteiger partial charge on any atom is -0.347 e. The number of carbonyl (C=O) groups excluding carboxylic acids is 1. The number of nitrogens with zero attached hydrogens (tertiary/aromatic N) is 1. The molecular formula is C23H19FN2O3S2. The predicted molar refractivity (Wildman–Crippen MR) is 121 cm³/mol. The lowest BCUT2D eigenvalue weighted by Gasteiger charge is -2.19. The maximum atomic E-state index is 13.2. The molecule has 1 N–H and O–H groups in total. The van der Waals surface area contributed by atoms with Crippen LogP contribution in [0.4, 0.5) is 10.1 Å². The molecule has 0 radical (unpaired) electrons. The van der Waals surface area contributed by atoms with Gasteiger partial charge in [-0.2, -0.15) is 0 Å². The fraction of sp³-hybridized carbons (Fsp3) is 0.0870. The van der Waals surface area contributed by atoms with Gasteiger partial charge in [0.25, 0.3) is 15.9 Å². The summed E-state index contributed by atoms with van der Waals surface area (Å²) in [7, 11) is -2.39. The van der Waals surface area contributed by atoms with Crippen molar-refractivity contribution in [1.29, 1.82) is 0 Å². The van der Waals surface area contributed by atoms with Crippen molar-refractivity contribution < 1.29 is 17.6 Å². The zero-order valence-electron chi connectivity index (χ0n) is 16.6. The molecule has 3 aromatic carbocycles. The molecule has 4 rings (SSSR count). The molecule has 31 heavy (non-hydrogen) atoms. The van der Waals surface area contributed by atoms with Crippen LogP contribution in [-0.4, -0.2) is 21.4 Å². The number of hydrogen-bond acceptors (Lipinski definition) is 4. The summed E-state index contributed by atoms with van der Waals surface area (Å²) >= 11 is 1.34. The minimum atomic E-state index is -3.84. The maximum absolute atomic E-state index is 13.2. The van der Waals surface area contributed by atoms with Crippen molar-refractivity contribution in [2.75, 3.05) is 11.4 Å². The van der Waals surface area contributed by atoms with Gasteiger partial charge in [0.05, 0.1) is 15.5 Å². The molecule has 1 aromatic heterocycles. The summed E-state index contributed by atoms with van der Waals surface area (Å²) in [5, 5.41) is 3.67. The molecular weight excluding hydrogens is 435 g/mol. The molecule has 0 atom stereocenters. The SMILES string of the molecule is CN(c1ccc2sc(C(=O)NCc3ccccc3)cc2c1)S(=O)(=O)c1ccc(F)cc1. The summed E-state index contributed by atoms with van der Waals surface area (Å²) in [6.07, 6.45) is 0. The average Bonchev–Trinajstić information content (AvgIpc) is 3.21. The highest BCUT2D eigenvalue weighted by Crippen LogP contribution is 2.31. The van der Waals surface area contributed by atoms with Crippen LogP contribution in [0, 0.1) is 5.82 Å². The van der Waals surface area contributed by atoms with Crippen molar-refractivity contribution in [3.63, 3.8) is 0 Å². The normalized spacial score (nSPS) is 11.4. The molecule has 0 fully saturated rings. The third-order valence-electron chi connectivity index (χ3n) is 4.86. The van der Waals surface area contributed by atoms with E-state index in [9.17, 15) is 17.6 Å². The van der Waals surface area contributed by atoms with Crippen LogP contribution in [0.5, 0.6) is 0 Å². The van der Waals surface area contributed by atoms with Crippen molar-refractivity contribution in [1.82, 2.24) is 5.32 Å². The standard InChI is InChI=1S/C23H19FN2O3S2/c1-26(31(28,29)20-10-7-18(24)8-11-20)19-9-12-21-17(13-19)14-22(30-21)23(27)25-15-16-5-3-2-4-6-16/h2-14H,15H2,1H3,(H,25,27). The van der Waals surface area contributed by atoms with Crippen LogP contribution >= 0.6 is 11.3 Å². The lowest BCUT2D eigenvalue weighted by Crippen LogP contribution is -2.26. The van der Waals surface area contributed by atoms with Gasteiger partial charge in [-0.25, -0.2) is 12.8 Å². The molecule has 158 valence electrons.